The number of aliphatic carboxylic acids is 1. The summed E-state index contributed by atoms with van der Waals surface area (Å²) >= 11 is 0. The molecule has 4 nitrogen and oxygen atoms in total. The Kier molecular flexibility index (Phi) is 40.4. The van der Waals surface area contributed by atoms with E-state index in [1.807, 2.05) is 0 Å². The van der Waals surface area contributed by atoms with Gasteiger partial charge >= 0.3 is 5.97 Å². The van der Waals surface area contributed by atoms with E-state index in [4.69, 9.17) is 10.8 Å². The lowest BCUT2D eigenvalue weighted by atomic mass is 10.0. The van der Waals surface area contributed by atoms with Crippen molar-refractivity contribution in [3.8, 4) is 0 Å². The Morgan fingerprint density at radius 1 is 0.429 bits per heavy atom. The molecule has 250 valence electrons. The van der Waals surface area contributed by atoms with Gasteiger partial charge in [-0.05, 0) is 38.5 Å². The fourth-order valence-corrected chi connectivity index (χ4v) is 5.37. The molecule has 0 aliphatic rings. The maximum atomic E-state index is 10.5. The lowest BCUT2D eigenvalue weighted by molar-refractivity contribution is -0.137. The van der Waals surface area contributed by atoms with Crippen molar-refractivity contribution in [2.24, 2.45) is 5.73 Å². The molecule has 0 aromatic carbocycles. The molecule has 0 fully saturated rings. The molecule has 0 aromatic rings. The average molecular weight is 594 g/mol. The molecular formula is C38H75NO3. The molecule has 0 heterocycles. The van der Waals surface area contributed by atoms with Crippen molar-refractivity contribution >= 4 is 11.9 Å². The van der Waals surface area contributed by atoms with Gasteiger partial charge in [0, 0.05) is 12.8 Å². The second-order valence-electron chi connectivity index (χ2n) is 12.6. The Morgan fingerprint density at radius 3 is 0.976 bits per heavy atom. The van der Waals surface area contributed by atoms with Crippen LogP contribution in [0.3, 0.4) is 0 Å². The maximum absolute atomic E-state index is 10.5. The van der Waals surface area contributed by atoms with Crippen LogP contribution in [0.2, 0.25) is 0 Å². The molecule has 0 atom stereocenters. The van der Waals surface area contributed by atoms with Crippen molar-refractivity contribution < 1.29 is 14.7 Å². The van der Waals surface area contributed by atoms with E-state index >= 15 is 0 Å². The second-order valence-corrected chi connectivity index (χ2v) is 12.6. The summed E-state index contributed by atoms with van der Waals surface area (Å²) in [5.41, 5.74) is 5.09. The van der Waals surface area contributed by atoms with Crippen LogP contribution in [0.25, 0.3) is 0 Å². The lowest BCUT2D eigenvalue weighted by Gasteiger charge is -2.02. The standard InChI is InChI=1S/C22H42O2.C16H33NO/c1-2-3-4-5-6-7-8-9-10-11-12-13-14-15-16-17-18-19-20-21-22(23)24;1-2-3-4-5-6-7-8-9-10-11-12-13-14-15-16(17)18/h9-10H,2-8,11-21H2,1H3,(H,23,24);2-15H2,1H3,(H2,17,18)/b10-9-;. The average Bonchev–Trinajstić information content (AvgIpc) is 2.97. The van der Waals surface area contributed by atoms with Crippen LogP contribution in [0.1, 0.15) is 219 Å². The Labute approximate surface area is 263 Å². The van der Waals surface area contributed by atoms with E-state index in [9.17, 15) is 9.59 Å². The third-order valence-corrected chi connectivity index (χ3v) is 8.18. The largest absolute Gasteiger partial charge is 0.481 e. The molecule has 0 aromatic heterocycles. The summed E-state index contributed by atoms with van der Waals surface area (Å²) in [6.45, 7) is 4.54. The van der Waals surface area contributed by atoms with Gasteiger partial charge in [0.05, 0.1) is 0 Å². The monoisotopic (exact) mass is 594 g/mol. The molecule has 3 N–H and O–H groups in total. The van der Waals surface area contributed by atoms with Crippen LogP contribution in [0, 0.1) is 0 Å². The van der Waals surface area contributed by atoms with Gasteiger partial charge in [-0.25, -0.2) is 0 Å². The Balaban J connectivity index is 0. The molecule has 1 amide bonds. The van der Waals surface area contributed by atoms with Gasteiger partial charge in [-0.2, -0.15) is 0 Å². The first-order valence-corrected chi connectivity index (χ1v) is 18.7. The predicted octanol–water partition coefficient (Wildman–Crippen LogP) is 12.6. The molecule has 0 aliphatic carbocycles. The van der Waals surface area contributed by atoms with Crippen molar-refractivity contribution in [2.45, 2.75) is 219 Å². The number of hydrogen-bond donors (Lipinski definition) is 2. The molecule has 0 unspecified atom stereocenters. The minimum absolute atomic E-state index is 0.155. The topological polar surface area (TPSA) is 80.4 Å². The third kappa shape index (κ3) is 45.7. The molecule has 0 radical (unpaired) electrons. The van der Waals surface area contributed by atoms with Crippen LogP contribution in [0.5, 0.6) is 0 Å². The Morgan fingerprint density at radius 2 is 0.690 bits per heavy atom. The summed E-state index contributed by atoms with van der Waals surface area (Å²) < 4.78 is 0. The van der Waals surface area contributed by atoms with E-state index < -0.39 is 5.97 Å². The van der Waals surface area contributed by atoms with Crippen LogP contribution < -0.4 is 5.73 Å². The normalized spacial score (nSPS) is 11.1. The minimum Gasteiger partial charge on any atom is -0.481 e. The highest BCUT2D eigenvalue weighted by Crippen LogP contribution is 2.14. The number of unbranched alkanes of at least 4 members (excludes halogenated alkanes) is 27. The number of hydrogen-bond acceptors (Lipinski definition) is 2. The smallest absolute Gasteiger partial charge is 0.303 e. The van der Waals surface area contributed by atoms with Crippen LogP contribution in [-0.2, 0) is 9.59 Å². The van der Waals surface area contributed by atoms with Crippen molar-refractivity contribution in [1.29, 1.82) is 0 Å². The van der Waals surface area contributed by atoms with Gasteiger partial charge < -0.3 is 10.8 Å². The number of carboxylic acids is 1. The predicted molar refractivity (Wildman–Crippen MR) is 185 cm³/mol. The lowest BCUT2D eigenvalue weighted by Crippen LogP contribution is -2.09. The highest BCUT2D eigenvalue weighted by Gasteiger charge is 1.97. The number of allylic oxidation sites excluding steroid dienone is 2. The van der Waals surface area contributed by atoms with Gasteiger partial charge in [-0.1, -0.05) is 180 Å². The highest BCUT2D eigenvalue weighted by molar-refractivity contribution is 5.73. The molecule has 0 saturated carbocycles. The quantitative estimate of drug-likeness (QED) is 0.0586. The first-order valence-electron chi connectivity index (χ1n) is 18.7. The van der Waals surface area contributed by atoms with Crippen molar-refractivity contribution in [1.82, 2.24) is 0 Å². The molecule has 0 saturated heterocycles. The minimum atomic E-state index is -0.656. The van der Waals surface area contributed by atoms with E-state index in [-0.39, 0.29) is 5.91 Å². The van der Waals surface area contributed by atoms with Gasteiger partial charge in [0.1, 0.15) is 0 Å². The number of carboxylic acid groups (broad SMARTS) is 1. The fraction of sp³-hybridized carbons (Fsp3) is 0.895. The van der Waals surface area contributed by atoms with E-state index in [0.29, 0.717) is 12.8 Å². The van der Waals surface area contributed by atoms with Gasteiger partial charge in [0.2, 0.25) is 5.91 Å². The molecule has 0 spiro atoms. The van der Waals surface area contributed by atoms with E-state index in [1.165, 1.54) is 173 Å². The third-order valence-electron chi connectivity index (χ3n) is 8.18. The van der Waals surface area contributed by atoms with Gasteiger partial charge in [0.15, 0.2) is 0 Å². The Bertz CT molecular complexity index is 561. The van der Waals surface area contributed by atoms with Crippen molar-refractivity contribution in [3.05, 3.63) is 12.2 Å². The number of nitrogens with two attached hydrogens (primary N) is 1. The van der Waals surface area contributed by atoms with E-state index in [1.54, 1.807) is 0 Å². The maximum Gasteiger partial charge on any atom is 0.303 e. The van der Waals surface area contributed by atoms with Gasteiger partial charge in [0.25, 0.3) is 0 Å². The summed E-state index contributed by atoms with van der Waals surface area (Å²) in [5, 5.41) is 8.55. The summed E-state index contributed by atoms with van der Waals surface area (Å²) in [6, 6.07) is 0. The summed E-state index contributed by atoms with van der Waals surface area (Å²) in [7, 11) is 0. The van der Waals surface area contributed by atoms with Gasteiger partial charge in [-0.15, -0.1) is 0 Å². The van der Waals surface area contributed by atoms with Crippen LogP contribution in [0.4, 0.5) is 0 Å². The molecule has 0 bridgehead atoms. The first kappa shape index (κ1) is 42.8. The number of carbonyl (C=O) groups excluding carboxylic acids is 1. The fourth-order valence-electron chi connectivity index (χ4n) is 5.37. The molecular weight excluding hydrogens is 518 g/mol. The van der Waals surface area contributed by atoms with Crippen molar-refractivity contribution in [3.63, 3.8) is 0 Å². The van der Waals surface area contributed by atoms with Crippen LogP contribution in [0.15, 0.2) is 12.2 Å². The first-order chi connectivity index (χ1) is 20.5. The molecule has 42 heavy (non-hydrogen) atoms. The van der Waals surface area contributed by atoms with Crippen LogP contribution >= 0.6 is 0 Å². The zero-order valence-corrected chi connectivity index (χ0v) is 28.6. The molecule has 0 rings (SSSR count). The van der Waals surface area contributed by atoms with E-state index in [0.717, 1.165) is 19.3 Å². The number of rotatable bonds is 33. The summed E-state index contributed by atoms with van der Waals surface area (Å²) in [6.07, 6.45) is 45.1. The van der Waals surface area contributed by atoms with Gasteiger partial charge in [-0.3, -0.25) is 9.59 Å². The SMILES string of the molecule is CCCCCCCC/C=C\CCCCCCCCCCCC(=O)O.CCCCCCCCCCCCCCCC(N)=O. The molecule has 0 aliphatic heterocycles. The molecule has 4 heteroatoms. The number of carbonyl (C=O) groups is 2. The zero-order valence-electron chi connectivity index (χ0n) is 28.6. The Hall–Kier alpha value is -1.32. The summed E-state index contributed by atoms with van der Waals surface area (Å²) in [5.74, 6) is -0.811. The summed E-state index contributed by atoms with van der Waals surface area (Å²) in [4.78, 5) is 20.9. The zero-order chi connectivity index (χ0) is 31.2. The second kappa shape index (κ2) is 39.7. The number of primary amides is 1. The highest BCUT2D eigenvalue weighted by atomic mass is 16.4. The number of amides is 1. The van der Waals surface area contributed by atoms with Crippen LogP contribution in [-0.4, -0.2) is 17.0 Å². The van der Waals surface area contributed by atoms with Crippen molar-refractivity contribution in [2.75, 3.05) is 0 Å². The van der Waals surface area contributed by atoms with E-state index in [2.05, 4.69) is 26.0 Å².